The van der Waals surface area contributed by atoms with E-state index in [1.165, 1.54) is 6.20 Å². The lowest BCUT2D eigenvalue weighted by molar-refractivity contribution is -0.0436. The van der Waals surface area contributed by atoms with E-state index in [1.54, 1.807) is 17.9 Å². The summed E-state index contributed by atoms with van der Waals surface area (Å²) in [6.45, 7) is 0. The Balaban J connectivity index is 1.89. The summed E-state index contributed by atoms with van der Waals surface area (Å²) in [6.07, 6.45) is 4.32. The highest BCUT2D eigenvalue weighted by Gasteiger charge is 2.46. The normalized spacial score (nSPS) is 22.2. The van der Waals surface area contributed by atoms with Crippen LogP contribution in [0.25, 0.3) is 0 Å². The number of anilines is 2. The van der Waals surface area contributed by atoms with E-state index in [0.29, 0.717) is 19.3 Å². The number of hydrogen-bond donors (Lipinski definition) is 3. The number of aliphatic hydroxyl groups excluding tert-OH is 1. The number of carbonyl (C=O) groups is 1. The minimum Gasteiger partial charge on any atom is -0.393 e. The SMILES string of the molecule is CN=CC1CC(O)CCC1n1cc(C(N)=O)c(Nc2ccc(S(=O)(=O)C(F)(F)F)cc2)n1. The van der Waals surface area contributed by atoms with Gasteiger partial charge in [-0.25, -0.2) is 8.42 Å². The Kier molecular flexibility index (Phi) is 6.60. The number of nitrogens with two attached hydrogens (primary N) is 1. The van der Waals surface area contributed by atoms with E-state index in [1.807, 2.05) is 0 Å². The van der Waals surface area contributed by atoms with Gasteiger partial charge in [0.2, 0.25) is 0 Å². The second-order valence-corrected chi connectivity index (χ2v) is 9.38. The van der Waals surface area contributed by atoms with Gasteiger partial charge >= 0.3 is 5.51 Å². The number of aliphatic hydroxyl groups is 1. The van der Waals surface area contributed by atoms with E-state index in [-0.39, 0.29) is 29.0 Å². The molecular formula is C19H22F3N5O4S. The highest BCUT2D eigenvalue weighted by Crippen LogP contribution is 2.35. The first-order valence-corrected chi connectivity index (χ1v) is 11.1. The van der Waals surface area contributed by atoms with E-state index < -0.39 is 32.3 Å². The van der Waals surface area contributed by atoms with Crippen molar-refractivity contribution in [3.8, 4) is 0 Å². The number of benzene rings is 1. The molecule has 0 aliphatic heterocycles. The Morgan fingerprint density at radius 1 is 1.31 bits per heavy atom. The number of nitrogens with zero attached hydrogens (tertiary/aromatic N) is 3. The summed E-state index contributed by atoms with van der Waals surface area (Å²) < 4.78 is 62.7. The van der Waals surface area contributed by atoms with Gasteiger partial charge in [0, 0.05) is 31.1 Å². The highest BCUT2D eigenvalue weighted by molar-refractivity contribution is 7.92. The van der Waals surface area contributed by atoms with Crippen molar-refractivity contribution in [2.75, 3.05) is 12.4 Å². The minimum absolute atomic E-state index is 0.0512. The van der Waals surface area contributed by atoms with Crippen LogP contribution in [-0.4, -0.2) is 54.1 Å². The van der Waals surface area contributed by atoms with Gasteiger partial charge in [-0.3, -0.25) is 9.48 Å². The fourth-order valence-corrected chi connectivity index (χ4v) is 4.43. The zero-order valence-electron chi connectivity index (χ0n) is 17.0. The fourth-order valence-electron chi connectivity index (χ4n) is 3.67. The molecule has 4 N–H and O–H groups in total. The second kappa shape index (κ2) is 8.90. The van der Waals surface area contributed by atoms with Crippen molar-refractivity contribution in [2.45, 2.75) is 41.8 Å². The molecule has 1 aliphatic rings. The number of halogens is 3. The number of aliphatic imine (C=N–C) groups is 1. The maximum atomic E-state index is 12.7. The third-order valence-electron chi connectivity index (χ3n) is 5.24. The van der Waals surface area contributed by atoms with E-state index >= 15 is 0 Å². The molecule has 1 saturated carbocycles. The molecule has 3 unspecified atom stereocenters. The molecule has 0 radical (unpaired) electrons. The van der Waals surface area contributed by atoms with Crippen LogP contribution < -0.4 is 11.1 Å². The number of primary amides is 1. The summed E-state index contributed by atoms with van der Waals surface area (Å²) in [7, 11) is -3.85. The van der Waals surface area contributed by atoms with Gasteiger partial charge in [-0.05, 0) is 43.5 Å². The number of sulfone groups is 1. The molecule has 1 aromatic heterocycles. The number of carbonyl (C=O) groups excluding carboxylic acids is 1. The molecule has 0 saturated heterocycles. The van der Waals surface area contributed by atoms with E-state index in [0.717, 1.165) is 24.3 Å². The van der Waals surface area contributed by atoms with Crippen molar-refractivity contribution in [2.24, 2.45) is 16.6 Å². The van der Waals surface area contributed by atoms with Crippen LogP contribution in [0.1, 0.15) is 35.7 Å². The average Bonchev–Trinajstić information content (AvgIpc) is 3.12. The zero-order chi connectivity index (χ0) is 23.7. The largest absolute Gasteiger partial charge is 0.501 e. The molecule has 0 bridgehead atoms. The Labute approximate surface area is 182 Å². The molecule has 9 nitrogen and oxygen atoms in total. The zero-order valence-corrected chi connectivity index (χ0v) is 17.8. The summed E-state index contributed by atoms with van der Waals surface area (Å²) >= 11 is 0. The minimum atomic E-state index is -5.47. The van der Waals surface area contributed by atoms with E-state index in [2.05, 4.69) is 15.4 Å². The van der Waals surface area contributed by atoms with Gasteiger partial charge in [0.15, 0.2) is 5.82 Å². The van der Waals surface area contributed by atoms with Crippen LogP contribution in [-0.2, 0) is 9.84 Å². The number of amides is 1. The first kappa shape index (κ1) is 23.7. The van der Waals surface area contributed by atoms with Crippen LogP contribution in [0.5, 0.6) is 0 Å². The third kappa shape index (κ3) is 4.78. The summed E-state index contributed by atoms with van der Waals surface area (Å²) in [5, 5.41) is 17.1. The Morgan fingerprint density at radius 2 is 1.97 bits per heavy atom. The lowest BCUT2D eigenvalue weighted by atomic mass is 9.83. The average molecular weight is 473 g/mol. The van der Waals surface area contributed by atoms with Crippen LogP contribution >= 0.6 is 0 Å². The molecular weight excluding hydrogens is 451 g/mol. The van der Waals surface area contributed by atoms with E-state index in [4.69, 9.17) is 5.73 Å². The third-order valence-corrected chi connectivity index (χ3v) is 6.75. The highest BCUT2D eigenvalue weighted by atomic mass is 32.2. The van der Waals surface area contributed by atoms with Crippen LogP contribution in [0, 0.1) is 5.92 Å². The molecule has 1 fully saturated rings. The van der Waals surface area contributed by atoms with Crippen LogP contribution in [0.2, 0.25) is 0 Å². The van der Waals surface area contributed by atoms with Crippen LogP contribution in [0.15, 0.2) is 40.4 Å². The van der Waals surface area contributed by atoms with Crippen molar-refractivity contribution in [3.63, 3.8) is 0 Å². The summed E-state index contributed by atoms with van der Waals surface area (Å²) in [5.41, 5.74) is 0.306. The number of nitrogens with one attached hydrogen (secondary N) is 1. The molecule has 3 rings (SSSR count). The van der Waals surface area contributed by atoms with Gasteiger partial charge in [0.1, 0.15) is 5.56 Å². The number of alkyl halides is 3. The Morgan fingerprint density at radius 3 is 2.53 bits per heavy atom. The molecule has 174 valence electrons. The molecule has 1 heterocycles. The fraction of sp³-hybridized carbons (Fsp3) is 0.421. The van der Waals surface area contributed by atoms with Crippen molar-refractivity contribution in [1.29, 1.82) is 0 Å². The topological polar surface area (TPSA) is 140 Å². The summed E-state index contributed by atoms with van der Waals surface area (Å²) in [4.78, 5) is 15.1. The first-order valence-electron chi connectivity index (χ1n) is 9.61. The van der Waals surface area contributed by atoms with Crippen molar-refractivity contribution >= 4 is 33.5 Å². The van der Waals surface area contributed by atoms with Crippen molar-refractivity contribution in [3.05, 3.63) is 36.0 Å². The van der Waals surface area contributed by atoms with Gasteiger partial charge in [-0.1, -0.05) is 0 Å². The second-order valence-electron chi connectivity index (χ2n) is 7.44. The van der Waals surface area contributed by atoms with Crippen molar-refractivity contribution in [1.82, 2.24) is 9.78 Å². The van der Waals surface area contributed by atoms with Gasteiger partial charge in [-0.2, -0.15) is 18.3 Å². The number of hydrogen-bond acceptors (Lipinski definition) is 7. The molecule has 1 amide bonds. The standard InChI is InChI=1S/C19H22F3N5O4S/c1-24-9-11-8-13(28)4-7-16(11)27-10-15(17(23)29)18(26-27)25-12-2-5-14(6-3-12)32(30,31)19(20,21)22/h2-3,5-6,9-11,13,16,28H,4,7-8H2,1H3,(H2,23,29)(H,25,26). The molecule has 32 heavy (non-hydrogen) atoms. The number of aromatic nitrogens is 2. The van der Waals surface area contributed by atoms with Gasteiger partial charge < -0.3 is 21.1 Å². The molecule has 1 aliphatic carbocycles. The predicted octanol–water partition coefficient (Wildman–Crippen LogP) is 2.42. The van der Waals surface area contributed by atoms with Crippen LogP contribution in [0.4, 0.5) is 24.7 Å². The smallest absolute Gasteiger partial charge is 0.393 e. The summed E-state index contributed by atoms with van der Waals surface area (Å²) in [6, 6.07) is 3.69. The molecule has 13 heteroatoms. The lowest BCUT2D eigenvalue weighted by Gasteiger charge is -2.32. The van der Waals surface area contributed by atoms with Gasteiger partial charge in [0.25, 0.3) is 15.7 Å². The Bertz CT molecular complexity index is 1110. The summed E-state index contributed by atoms with van der Waals surface area (Å²) in [5.74, 6) is -0.821. The predicted molar refractivity (Wildman–Crippen MR) is 111 cm³/mol. The van der Waals surface area contributed by atoms with Gasteiger partial charge in [0.05, 0.1) is 17.0 Å². The van der Waals surface area contributed by atoms with Crippen LogP contribution in [0.3, 0.4) is 0 Å². The monoisotopic (exact) mass is 473 g/mol. The van der Waals surface area contributed by atoms with E-state index in [9.17, 15) is 31.5 Å². The van der Waals surface area contributed by atoms with Gasteiger partial charge in [-0.15, -0.1) is 0 Å². The molecule has 1 aromatic carbocycles. The Hall–Kier alpha value is -2.93. The molecule has 3 atom stereocenters. The molecule has 2 aromatic rings. The maximum Gasteiger partial charge on any atom is 0.501 e. The quantitative estimate of drug-likeness (QED) is 0.551. The number of rotatable bonds is 6. The first-order chi connectivity index (χ1) is 14.9. The van der Waals surface area contributed by atoms with Crippen molar-refractivity contribution < 1.29 is 31.5 Å². The maximum absolute atomic E-state index is 12.7. The molecule has 0 spiro atoms. The lowest BCUT2D eigenvalue weighted by Crippen LogP contribution is -2.31.